The summed E-state index contributed by atoms with van der Waals surface area (Å²) in [6.07, 6.45) is 2.61. The van der Waals surface area contributed by atoms with Gasteiger partial charge in [0.15, 0.2) is 0 Å². The van der Waals surface area contributed by atoms with Crippen LogP contribution in [0.5, 0.6) is 0 Å². The maximum atomic E-state index is 4.33. The minimum atomic E-state index is 0.839. The molecule has 0 saturated carbocycles. The zero-order valence-corrected chi connectivity index (χ0v) is 9.48. The third kappa shape index (κ3) is 2.12. The zero-order valence-electron chi connectivity index (χ0n) is 9.48. The molecule has 1 aliphatic rings. The Morgan fingerprint density at radius 3 is 2.88 bits per heavy atom. The van der Waals surface area contributed by atoms with Gasteiger partial charge in [-0.05, 0) is 12.1 Å². The average molecular weight is 226 g/mol. The van der Waals surface area contributed by atoms with Crippen LogP contribution in [-0.4, -0.2) is 16.5 Å². The van der Waals surface area contributed by atoms with Gasteiger partial charge in [0.05, 0.1) is 5.69 Å². The second-order valence-corrected chi connectivity index (χ2v) is 4.07. The lowest BCUT2D eigenvalue weighted by Crippen LogP contribution is -2.25. The van der Waals surface area contributed by atoms with Crippen LogP contribution in [0, 0.1) is 0 Å². The molecule has 17 heavy (non-hydrogen) atoms. The third-order valence-electron chi connectivity index (χ3n) is 2.91. The van der Waals surface area contributed by atoms with E-state index < -0.39 is 0 Å². The number of rotatable bonds is 2. The largest absolute Gasteiger partial charge is 0.340 e. The van der Waals surface area contributed by atoms with E-state index in [-0.39, 0.29) is 0 Å². The molecule has 4 heteroatoms. The number of hydrogen-bond acceptors (Lipinski definition) is 4. The molecule has 1 aliphatic heterocycles. The van der Waals surface area contributed by atoms with Crippen LogP contribution in [0.1, 0.15) is 11.3 Å². The standard InChI is InChI=1S/C13H14N4/c1-2-4-10(5-3-1)17-13-11-8-14-7-6-12(11)15-9-16-13/h1-5,9,14H,6-8H2,(H,15,16,17). The topological polar surface area (TPSA) is 49.8 Å². The van der Waals surface area contributed by atoms with Crippen molar-refractivity contribution in [3.05, 3.63) is 47.9 Å². The van der Waals surface area contributed by atoms with E-state index in [0.29, 0.717) is 0 Å². The van der Waals surface area contributed by atoms with Crippen LogP contribution in [0.15, 0.2) is 36.7 Å². The molecule has 2 N–H and O–H groups in total. The van der Waals surface area contributed by atoms with Gasteiger partial charge in [-0.15, -0.1) is 0 Å². The zero-order chi connectivity index (χ0) is 11.5. The van der Waals surface area contributed by atoms with Crippen LogP contribution < -0.4 is 10.6 Å². The van der Waals surface area contributed by atoms with Gasteiger partial charge in [0.2, 0.25) is 0 Å². The maximum Gasteiger partial charge on any atom is 0.138 e. The van der Waals surface area contributed by atoms with Crippen LogP contribution in [-0.2, 0) is 13.0 Å². The highest BCUT2D eigenvalue weighted by Gasteiger charge is 2.14. The van der Waals surface area contributed by atoms with Crippen molar-refractivity contribution in [2.75, 3.05) is 11.9 Å². The Morgan fingerprint density at radius 2 is 2.00 bits per heavy atom. The number of nitrogens with one attached hydrogen (secondary N) is 2. The van der Waals surface area contributed by atoms with Crippen LogP contribution >= 0.6 is 0 Å². The molecule has 0 atom stereocenters. The van der Waals surface area contributed by atoms with Gasteiger partial charge in [0, 0.05) is 30.8 Å². The highest BCUT2D eigenvalue weighted by Crippen LogP contribution is 2.21. The number of fused-ring (bicyclic) bond motifs is 1. The first-order chi connectivity index (χ1) is 8.43. The first-order valence-corrected chi connectivity index (χ1v) is 5.79. The summed E-state index contributed by atoms with van der Waals surface area (Å²) in [5.74, 6) is 0.911. The molecule has 3 rings (SSSR count). The van der Waals surface area contributed by atoms with Crippen LogP contribution in [0.3, 0.4) is 0 Å². The Labute approximate surface area is 100 Å². The molecule has 0 unspecified atom stereocenters. The van der Waals surface area contributed by atoms with Crippen molar-refractivity contribution in [3.63, 3.8) is 0 Å². The van der Waals surface area contributed by atoms with E-state index in [1.165, 1.54) is 5.56 Å². The Hall–Kier alpha value is -1.94. The Kier molecular flexibility index (Phi) is 2.71. The fraction of sp³-hybridized carbons (Fsp3) is 0.231. The SMILES string of the molecule is c1ccc(Nc2ncnc3c2CNCC3)cc1. The third-order valence-corrected chi connectivity index (χ3v) is 2.91. The van der Waals surface area contributed by atoms with Crippen LogP contribution in [0.25, 0.3) is 0 Å². The Balaban J connectivity index is 1.93. The maximum absolute atomic E-state index is 4.33. The van der Waals surface area contributed by atoms with E-state index in [2.05, 4.69) is 20.6 Å². The van der Waals surface area contributed by atoms with Crippen molar-refractivity contribution in [2.24, 2.45) is 0 Å². The van der Waals surface area contributed by atoms with E-state index in [4.69, 9.17) is 0 Å². The van der Waals surface area contributed by atoms with Gasteiger partial charge in [-0.3, -0.25) is 0 Å². The summed E-state index contributed by atoms with van der Waals surface area (Å²) in [5, 5.41) is 6.69. The van der Waals surface area contributed by atoms with Crippen molar-refractivity contribution in [1.29, 1.82) is 0 Å². The lowest BCUT2D eigenvalue weighted by Gasteiger charge is -2.19. The molecular weight excluding hydrogens is 212 g/mol. The van der Waals surface area contributed by atoms with Gasteiger partial charge in [0.1, 0.15) is 12.1 Å². The highest BCUT2D eigenvalue weighted by atomic mass is 15.0. The van der Waals surface area contributed by atoms with Gasteiger partial charge >= 0.3 is 0 Å². The first-order valence-electron chi connectivity index (χ1n) is 5.79. The lowest BCUT2D eigenvalue weighted by atomic mass is 10.1. The summed E-state index contributed by atoms with van der Waals surface area (Å²) in [4.78, 5) is 8.66. The molecule has 1 aromatic heterocycles. The van der Waals surface area contributed by atoms with Crippen molar-refractivity contribution in [3.8, 4) is 0 Å². The fourth-order valence-electron chi connectivity index (χ4n) is 2.04. The summed E-state index contributed by atoms with van der Waals surface area (Å²) in [6, 6.07) is 10.1. The van der Waals surface area contributed by atoms with Crippen molar-refractivity contribution >= 4 is 11.5 Å². The van der Waals surface area contributed by atoms with Gasteiger partial charge < -0.3 is 10.6 Å². The number of anilines is 2. The summed E-state index contributed by atoms with van der Waals surface area (Å²) in [5.41, 5.74) is 3.39. The van der Waals surface area contributed by atoms with Crippen molar-refractivity contribution < 1.29 is 0 Å². The predicted molar refractivity (Wildman–Crippen MR) is 67.2 cm³/mol. The van der Waals surface area contributed by atoms with Crippen molar-refractivity contribution in [1.82, 2.24) is 15.3 Å². The number of hydrogen-bond donors (Lipinski definition) is 2. The molecule has 2 aromatic rings. The van der Waals surface area contributed by atoms with Gasteiger partial charge in [-0.2, -0.15) is 0 Å². The minimum Gasteiger partial charge on any atom is -0.340 e. The smallest absolute Gasteiger partial charge is 0.138 e. The second-order valence-electron chi connectivity index (χ2n) is 4.07. The summed E-state index contributed by atoms with van der Waals surface area (Å²) < 4.78 is 0. The molecule has 4 nitrogen and oxygen atoms in total. The number of para-hydroxylation sites is 1. The molecule has 0 fully saturated rings. The number of benzene rings is 1. The molecule has 1 aromatic carbocycles. The monoisotopic (exact) mass is 226 g/mol. The normalized spacial score (nSPS) is 14.1. The summed E-state index contributed by atoms with van der Waals surface area (Å²) >= 11 is 0. The molecule has 86 valence electrons. The molecule has 0 bridgehead atoms. The number of aromatic nitrogens is 2. The highest BCUT2D eigenvalue weighted by molar-refractivity contribution is 5.59. The molecule has 0 amide bonds. The van der Waals surface area contributed by atoms with Crippen LogP contribution in [0.2, 0.25) is 0 Å². The number of nitrogens with zero attached hydrogens (tertiary/aromatic N) is 2. The van der Waals surface area contributed by atoms with E-state index in [1.54, 1.807) is 6.33 Å². The molecular formula is C13H14N4. The first kappa shape index (κ1) is 10.2. The second kappa shape index (κ2) is 4.51. The van der Waals surface area contributed by atoms with E-state index >= 15 is 0 Å². The van der Waals surface area contributed by atoms with E-state index in [0.717, 1.165) is 36.7 Å². The molecule has 0 aliphatic carbocycles. The predicted octanol–water partition coefficient (Wildman–Crippen LogP) is 1.87. The molecule has 0 spiro atoms. The Morgan fingerprint density at radius 1 is 1.12 bits per heavy atom. The molecule has 2 heterocycles. The van der Waals surface area contributed by atoms with Gasteiger partial charge in [-0.25, -0.2) is 9.97 Å². The fourth-order valence-corrected chi connectivity index (χ4v) is 2.04. The van der Waals surface area contributed by atoms with Gasteiger partial charge in [-0.1, -0.05) is 18.2 Å². The van der Waals surface area contributed by atoms with Crippen LogP contribution in [0.4, 0.5) is 11.5 Å². The summed E-state index contributed by atoms with van der Waals surface area (Å²) in [7, 11) is 0. The van der Waals surface area contributed by atoms with Crippen molar-refractivity contribution in [2.45, 2.75) is 13.0 Å². The lowest BCUT2D eigenvalue weighted by molar-refractivity contribution is 0.628. The molecule has 0 saturated heterocycles. The molecule has 0 radical (unpaired) electrons. The Bertz CT molecular complexity index is 510. The van der Waals surface area contributed by atoms with Gasteiger partial charge in [0.25, 0.3) is 0 Å². The van der Waals surface area contributed by atoms with E-state index in [1.807, 2.05) is 30.3 Å². The average Bonchev–Trinajstić information content (AvgIpc) is 2.40. The summed E-state index contributed by atoms with van der Waals surface area (Å²) in [6.45, 7) is 1.83. The minimum absolute atomic E-state index is 0.839. The van der Waals surface area contributed by atoms with E-state index in [9.17, 15) is 0 Å². The quantitative estimate of drug-likeness (QED) is 0.820.